The molecule has 2 aromatic carbocycles. The van der Waals surface area contributed by atoms with E-state index in [1.807, 2.05) is 42.5 Å². The predicted molar refractivity (Wildman–Crippen MR) is 64.3 cm³/mol. The number of hydrogen-bond donors (Lipinski definition) is 0. The van der Waals surface area contributed by atoms with E-state index in [-0.39, 0.29) is 29.6 Å². The maximum Gasteiger partial charge on any atom is 1.00 e. The molecular weight excluding hydrogens is 243 g/mol. The van der Waals surface area contributed by atoms with Crippen LogP contribution in [0.4, 0.5) is 0 Å². The van der Waals surface area contributed by atoms with Crippen LogP contribution in [0, 0.1) is 0 Å². The van der Waals surface area contributed by atoms with Crippen LogP contribution in [0.25, 0.3) is 10.8 Å². The van der Waals surface area contributed by atoms with Gasteiger partial charge in [0, 0.05) is 10.1 Å². The molecule has 17 heavy (non-hydrogen) atoms. The van der Waals surface area contributed by atoms with E-state index in [2.05, 4.69) is 0 Å². The zero-order valence-corrected chi connectivity index (χ0v) is 12.7. The molecule has 4 heteroatoms. The zero-order chi connectivity index (χ0) is 11.5. The Kier molecular flexibility index (Phi) is 5.53. The summed E-state index contributed by atoms with van der Waals surface area (Å²) in [6.45, 7) is 1.63. The molecule has 0 bridgehead atoms. The molecule has 0 unspecified atom stereocenters. The number of carboxylic acid groups (broad SMARTS) is 1. The fourth-order valence-electron chi connectivity index (χ4n) is 1.49. The van der Waals surface area contributed by atoms with Crippen LogP contribution in [0.3, 0.4) is 0 Å². The Balaban J connectivity index is 0.00000144. The van der Waals surface area contributed by atoms with Crippen molar-refractivity contribution in [3.05, 3.63) is 42.5 Å². The first-order valence-electron chi connectivity index (χ1n) is 5.03. The van der Waals surface area contributed by atoms with Gasteiger partial charge in [-0.3, -0.25) is 0 Å². The van der Waals surface area contributed by atoms with Crippen molar-refractivity contribution in [1.29, 1.82) is 0 Å². The first kappa shape index (κ1) is 14.6. The molecule has 2 aromatic rings. The largest absolute Gasteiger partial charge is 1.00 e. The number of fused-ring (bicyclic) bond motifs is 1. The van der Waals surface area contributed by atoms with E-state index in [1.54, 1.807) is 6.92 Å². The van der Waals surface area contributed by atoms with E-state index in [4.69, 9.17) is 0 Å². The van der Waals surface area contributed by atoms with E-state index < -0.39 is 11.2 Å². The number of carbonyl (C=O) groups is 1. The molecule has 0 aliphatic carbocycles. The van der Waals surface area contributed by atoms with Gasteiger partial charge in [-0.2, -0.15) is 0 Å². The van der Waals surface area contributed by atoms with Crippen molar-refractivity contribution in [2.75, 3.05) is 0 Å². The van der Waals surface area contributed by atoms with Crippen LogP contribution >= 0.6 is 11.8 Å². The zero-order valence-electron chi connectivity index (χ0n) is 9.84. The van der Waals surface area contributed by atoms with Crippen molar-refractivity contribution in [2.45, 2.75) is 17.1 Å². The van der Waals surface area contributed by atoms with Crippen LogP contribution in [0.2, 0.25) is 0 Å². The van der Waals surface area contributed by atoms with E-state index in [1.165, 1.54) is 11.8 Å². The normalized spacial score (nSPS) is 11.8. The fraction of sp³-hybridized carbons (Fsp3) is 0.154. The average Bonchev–Trinajstić information content (AvgIpc) is 2.28. The van der Waals surface area contributed by atoms with Crippen LogP contribution in [0.15, 0.2) is 47.4 Å². The van der Waals surface area contributed by atoms with E-state index >= 15 is 0 Å². The number of thioether (sulfide) groups is 1. The molecule has 0 heterocycles. The Bertz CT molecular complexity index is 528. The Morgan fingerprint density at radius 2 is 1.82 bits per heavy atom. The summed E-state index contributed by atoms with van der Waals surface area (Å²) in [7, 11) is 0. The summed E-state index contributed by atoms with van der Waals surface area (Å²) in [6.07, 6.45) is 0. The van der Waals surface area contributed by atoms with Gasteiger partial charge in [-0.1, -0.05) is 30.3 Å². The molecule has 0 radical (unpaired) electrons. The van der Waals surface area contributed by atoms with Crippen molar-refractivity contribution in [3.63, 3.8) is 0 Å². The molecule has 0 saturated carbocycles. The topological polar surface area (TPSA) is 40.1 Å². The summed E-state index contributed by atoms with van der Waals surface area (Å²) in [4.78, 5) is 11.6. The van der Waals surface area contributed by atoms with Gasteiger partial charge in [-0.25, -0.2) is 0 Å². The van der Waals surface area contributed by atoms with Crippen molar-refractivity contribution < 1.29 is 39.5 Å². The van der Waals surface area contributed by atoms with Crippen molar-refractivity contribution >= 4 is 28.5 Å². The maximum absolute atomic E-state index is 10.6. The van der Waals surface area contributed by atoms with Crippen molar-refractivity contribution in [2.24, 2.45) is 0 Å². The van der Waals surface area contributed by atoms with Gasteiger partial charge in [-0.15, -0.1) is 11.8 Å². The molecule has 2 nitrogen and oxygen atoms in total. The third kappa shape index (κ3) is 3.75. The molecule has 2 rings (SSSR count). The molecule has 0 saturated heterocycles. The van der Waals surface area contributed by atoms with Gasteiger partial charge in [0.15, 0.2) is 0 Å². The van der Waals surface area contributed by atoms with E-state index in [0.29, 0.717) is 0 Å². The standard InChI is InChI=1S/C13H12O2S.Na/c1-9(13(14)15)16-12-7-6-10-4-2-3-5-11(10)8-12;/h2-9H,1H3,(H,14,15);/q;+1/p-1/t9-;/m0./s1. The maximum atomic E-state index is 10.6. The van der Waals surface area contributed by atoms with Gasteiger partial charge in [0.25, 0.3) is 0 Å². The second kappa shape index (κ2) is 6.45. The number of rotatable bonds is 3. The minimum absolute atomic E-state index is 0. The van der Waals surface area contributed by atoms with E-state index in [9.17, 15) is 9.90 Å². The first-order valence-corrected chi connectivity index (χ1v) is 5.91. The second-order valence-corrected chi connectivity index (χ2v) is 5.00. The number of aliphatic carboxylic acids is 1. The minimum atomic E-state index is -1.03. The Morgan fingerprint density at radius 3 is 2.47 bits per heavy atom. The minimum Gasteiger partial charge on any atom is -0.549 e. The molecule has 0 N–H and O–H groups in total. The first-order chi connectivity index (χ1) is 7.66. The van der Waals surface area contributed by atoms with E-state index in [0.717, 1.165) is 15.7 Å². The van der Waals surface area contributed by atoms with Gasteiger partial charge in [-0.05, 0) is 29.8 Å². The molecule has 0 aliphatic rings. The van der Waals surface area contributed by atoms with Gasteiger partial charge in [0.1, 0.15) is 0 Å². The fourth-order valence-corrected chi connectivity index (χ4v) is 2.34. The molecule has 0 aliphatic heterocycles. The SMILES string of the molecule is C[C@H](Sc1ccc2ccccc2c1)C(=O)[O-].[Na+]. The Morgan fingerprint density at radius 1 is 1.18 bits per heavy atom. The van der Waals surface area contributed by atoms with Gasteiger partial charge in [0.2, 0.25) is 0 Å². The molecule has 0 fully saturated rings. The van der Waals surface area contributed by atoms with Crippen LogP contribution in [-0.4, -0.2) is 11.2 Å². The summed E-state index contributed by atoms with van der Waals surface area (Å²) in [5.74, 6) is -1.03. The Hall–Kier alpha value is -0.480. The molecule has 0 amide bonds. The monoisotopic (exact) mass is 254 g/mol. The van der Waals surface area contributed by atoms with Crippen LogP contribution in [0.1, 0.15) is 6.92 Å². The van der Waals surface area contributed by atoms with Crippen molar-refractivity contribution in [1.82, 2.24) is 0 Å². The quantitative estimate of drug-likeness (QED) is 0.525. The summed E-state index contributed by atoms with van der Waals surface area (Å²) in [5.41, 5.74) is 0. The summed E-state index contributed by atoms with van der Waals surface area (Å²) in [6, 6.07) is 13.9. The smallest absolute Gasteiger partial charge is 0.549 e. The van der Waals surface area contributed by atoms with Crippen LogP contribution in [-0.2, 0) is 4.79 Å². The third-order valence-corrected chi connectivity index (χ3v) is 3.44. The molecule has 1 atom stereocenters. The molecule has 0 aromatic heterocycles. The van der Waals surface area contributed by atoms with Crippen LogP contribution in [0.5, 0.6) is 0 Å². The summed E-state index contributed by atoms with van der Waals surface area (Å²) < 4.78 is 0. The molecule has 82 valence electrons. The molecule has 0 spiro atoms. The van der Waals surface area contributed by atoms with Gasteiger partial charge >= 0.3 is 29.6 Å². The number of carbonyl (C=O) groups excluding carboxylic acids is 1. The number of benzene rings is 2. The predicted octanol–water partition coefficient (Wildman–Crippen LogP) is -0.926. The molecular formula is C13H11NaO2S. The third-order valence-electron chi connectivity index (χ3n) is 2.37. The number of hydrogen-bond acceptors (Lipinski definition) is 3. The van der Waals surface area contributed by atoms with Crippen LogP contribution < -0.4 is 34.7 Å². The van der Waals surface area contributed by atoms with Gasteiger partial charge < -0.3 is 9.90 Å². The summed E-state index contributed by atoms with van der Waals surface area (Å²) >= 11 is 1.30. The van der Waals surface area contributed by atoms with Crippen molar-refractivity contribution in [3.8, 4) is 0 Å². The summed E-state index contributed by atoms with van der Waals surface area (Å²) in [5, 5.41) is 12.4. The number of carboxylic acids is 1. The van der Waals surface area contributed by atoms with Gasteiger partial charge in [0.05, 0.1) is 5.97 Å². The second-order valence-electron chi connectivity index (χ2n) is 3.59. The Labute approximate surface area is 127 Å². The average molecular weight is 254 g/mol.